The summed E-state index contributed by atoms with van der Waals surface area (Å²) < 4.78 is 17.0. The molecule has 2 aromatic rings. The highest BCUT2D eigenvalue weighted by molar-refractivity contribution is 5.40. The minimum Gasteiger partial charge on any atom is -0.485 e. The van der Waals surface area contributed by atoms with Crippen molar-refractivity contribution in [2.75, 3.05) is 26.7 Å². The lowest BCUT2D eigenvalue weighted by Gasteiger charge is -2.28. The first-order valence-electron chi connectivity index (χ1n) is 8.17. The zero-order chi connectivity index (χ0) is 15.6. The quantitative estimate of drug-likeness (QED) is 0.867. The molecular formula is C17H21N3O3. The summed E-state index contributed by atoms with van der Waals surface area (Å²) in [6.07, 6.45) is 2.93. The summed E-state index contributed by atoms with van der Waals surface area (Å²) in [4.78, 5) is 6.89. The van der Waals surface area contributed by atoms with E-state index < -0.39 is 0 Å². The predicted octanol–water partition coefficient (Wildman–Crippen LogP) is 2.47. The van der Waals surface area contributed by atoms with Gasteiger partial charge in [0.05, 0.1) is 0 Å². The van der Waals surface area contributed by atoms with E-state index in [2.05, 4.69) is 22.1 Å². The van der Waals surface area contributed by atoms with Gasteiger partial charge in [0.15, 0.2) is 17.3 Å². The van der Waals surface area contributed by atoms with Gasteiger partial charge in [0.1, 0.15) is 6.61 Å². The molecule has 0 spiro atoms. The number of piperidine rings is 1. The summed E-state index contributed by atoms with van der Waals surface area (Å²) in [6.45, 7) is 2.68. The number of hydrogen-bond donors (Lipinski definition) is 0. The van der Waals surface area contributed by atoms with Crippen LogP contribution in [0.2, 0.25) is 0 Å². The van der Waals surface area contributed by atoms with Crippen LogP contribution in [0.4, 0.5) is 0 Å². The van der Waals surface area contributed by atoms with Crippen LogP contribution in [0.1, 0.15) is 30.7 Å². The topological polar surface area (TPSA) is 60.6 Å². The molecule has 1 unspecified atom stereocenters. The number of aromatic nitrogens is 2. The molecule has 1 aromatic heterocycles. The van der Waals surface area contributed by atoms with Crippen molar-refractivity contribution >= 4 is 0 Å². The Morgan fingerprint density at radius 3 is 2.78 bits per heavy atom. The average Bonchev–Trinajstić information content (AvgIpc) is 3.05. The summed E-state index contributed by atoms with van der Waals surface area (Å²) >= 11 is 0. The molecule has 0 bridgehead atoms. The van der Waals surface area contributed by atoms with Crippen molar-refractivity contribution in [2.24, 2.45) is 5.92 Å². The van der Waals surface area contributed by atoms with E-state index in [0.717, 1.165) is 36.8 Å². The fourth-order valence-electron chi connectivity index (χ4n) is 3.15. The Balaban J connectivity index is 1.40. The number of ether oxygens (including phenoxy) is 2. The van der Waals surface area contributed by atoms with E-state index >= 15 is 0 Å². The first kappa shape index (κ1) is 14.5. The van der Waals surface area contributed by atoms with Gasteiger partial charge in [-0.2, -0.15) is 4.98 Å². The predicted molar refractivity (Wildman–Crippen MR) is 83.5 cm³/mol. The van der Waals surface area contributed by atoms with Gasteiger partial charge in [-0.15, -0.1) is 0 Å². The van der Waals surface area contributed by atoms with Gasteiger partial charge >= 0.3 is 0 Å². The highest BCUT2D eigenvalue weighted by atomic mass is 16.6. The standard InChI is InChI=1S/C17H21N3O3/c1-20-8-6-12(7-9-20)10-16-18-17(23-19-16)15-11-21-13-4-2-3-5-14(13)22-15/h2-5,12,15H,6-11H2,1H3. The van der Waals surface area contributed by atoms with Gasteiger partial charge in [-0.3, -0.25) is 0 Å². The maximum atomic E-state index is 5.91. The lowest BCUT2D eigenvalue weighted by atomic mass is 9.94. The summed E-state index contributed by atoms with van der Waals surface area (Å²) in [5, 5.41) is 4.13. The third-order valence-corrected chi connectivity index (χ3v) is 4.58. The zero-order valence-corrected chi connectivity index (χ0v) is 13.3. The molecule has 0 aliphatic carbocycles. The largest absolute Gasteiger partial charge is 0.485 e. The summed E-state index contributed by atoms with van der Waals surface area (Å²) in [5.74, 6) is 3.40. The van der Waals surface area contributed by atoms with Crippen molar-refractivity contribution in [3.05, 3.63) is 36.0 Å². The second-order valence-corrected chi connectivity index (χ2v) is 6.36. The highest BCUT2D eigenvalue weighted by Gasteiger charge is 2.28. The van der Waals surface area contributed by atoms with E-state index in [9.17, 15) is 0 Å². The van der Waals surface area contributed by atoms with Crippen molar-refractivity contribution in [2.45, 2.75) is 25.4 Å². The van der Waals surface area contributed by atoms with Crippen LogP contribution in [0, 0.1) is 5.92 Å². The third kappa shape index (κ3) is 3.17. The minimum atomic E-state index is -0.330. The van der Waals surface area contributed by atoms with Crippen molar-refractivity contribution < 1.29 is 14.0 Å². The number of nitrogens with zero attached hydrogens (tertiary/aromatic N) is 3. The van der Waals surface area contributed by atoms with Gasteiger partial charge in [-0.05, 0) is 51.0 Å². The summed E-state index contributed by atoms with van der Waals surface area (Å²) in [6, 6.07) is 7.63. The van der Waals surface area contributed by atoms with Gasteiger partial charge in [0, 0.05) is 6.42 Å². The number of fused-ring (bicyclic) bond motifs is 1. The van der Waals surface area contributed by atoms with Crippen LogP contribution in [0.3, 0.4) is 0 Å². The Hall–Kier alpha value is -2.08. The fourth-order valence-corrected chi connectivity index (χ4v) is 3.15. The molecule has 23 heavy (non-hydrogen) atoms. The van der Waals surface area contributed by atoms with Crippen LogP contribution in [-0.4, -0.2) is 41.8 Å². The Morgan fingerprint density at radius 1 is 1.17 bits per heavy atom. The van der Waals surface area contributed by atoms with Gasteiger partial charge in [0.25, 0.3) is 5.89 Å². The molecule has 1 saturated heterocycles. The number of likely N-dealkylation sites (tertiary alicyclic amines) is 1. The van der Waals surface area contributed by atoms with E-state index in [1.807, 2.05) is 24.3 Å². The molecule has 0 N–H and O–H groups in total. The molecule has 6 nitrogen and oxygen atoms in total. The van der Waals surface area contributed by atoms with E-state index in [-0.39, 0.29) is 6.10 Å². The zero-order valence-electron chi connectivity index (χ0n) is 13.3. The maximum Gasteiger partial charge on any atom is 0.271 e. The second kappa shape index (κ2) is 6.20. The van der Waals surface area contributed by atoms with Crippen molar-refractivity contribution in [3.8, 4) is 11.5 Å². The Labute approximate surface area is 135 Å². The molecule has 122 valence electrons. The molecule has 1 atom stereocenters. The van der Waals surface area contributed by atoms with E-state index in [0.29, 0.717) is 18.4 Å². The molecule has 6 heteroatoms. The molecule has 0 amide bonds. The summed E-state index contributed by atoms with van der Waals surface area (Å²) in [5.41, 5.74) is 0. The number of rotatable bonds is 3. The van der Waals surface area contributed by atoms with Gasteiger partial charge in [0.2, 0.25) is 6.10 Å². The SMILES string of the molecule is CN1CCC(Cc2noc(C3COc4ccccc4O3)n2)CC1. The molecule has 1 fully saturated rings. The molecule has 3 heterocycles. The monoisotopic (exact) mass is 315 g/mol. The third-order valence-electron chi connectivity index (χ3n) is 4.58. The van der Waals surface area contributed by atoms with Crippen LogP contribution < -0.4 is 9.47 Å². The van der Waals surface area contributed by atoms with Crippen LogP contribution >= 0.6 is 0 Å². The minimum absolute atomic E-state index is 0.330. The Kier molecular flexibility index (Phi) is 3.91. The maximum absolute atomic E-state index is 5.91. The highest BCUT2D eigenvalue weighted by Crippen LogP contribution is 2.35. The molecule has 0 saturated carbocycles. The molecule has 2 aliphatic rings. The van der Waals surface area contributed by atoms with Gasteiger partial charge in [-0.1, -0.05) is 17.3 Å². The normalized spacial score (nSPS) is 22.2. The lowest BCUT2D eigenvalue weighted by Crippen LogP contribution is -2.31. The van der Waals surface area contributed by atoms with Crippen molar-refractivity contribution in [3.63, 3.8) is 0 Å². The van der Waals surface area contributed by atoms with E-state index in [4.69, 9.17) is 14.0 Å². The molecule has 4 rings (SSSR count). The molecule has 1 aromatic carbocycles. The van der Waals surface area contributed by atoms with E-state index in [1.54, 1.807) is 0 Å². The smallest absolute Gasteiger partial charge is 0.271 e. The first-order chi connectivity index (χ1) is 11.3. The van der Waals surface area contributed by atoms with Crippen molar-refractivity contribution in [1.29, 1.82) is 0 Å². The van der Waals surface area contributed by atoms with Crippen LogP contribution in [-0.2, 0) is 6.42 Å². The van der Waals surface area contributed by atoms with E-state index in [1.165, 1.54) is 12.8 Å². The van der Waals surface area contributed by atoms with Crippen LogP contribution in [0.25, 0.3) is 0 Å². The summed E-state index contributed by atoms with van der Waals surface area (Å²) in [7, 11) is 2.17. The lowest BCUT2D eigenvalue weighted by molar-refractivity contribution is 0.0665. The first-order valence-corrected chi connectivity index (χ1v) is 8.17. The number of para-hydroxylation sites is 2. The van der Waals surface area contributed by atoms with Crippen LogP contribution in [0.15, 0.2) is 28.8 Å². The second-order valence-electron chi connectivity index (χ2n) is 6.36. The molecule has 0 radical (unpaired) electrons. The fraction of sp³-hybridized carbons (Fsp3) is 0.529. The molecule has 2 aliphatic heterocycles. The van der Waals surface area contributed by atoms with Crippen molar-refractivity contribution in [1.82, 2.24) is 15.0 Å². The number of hydrogen-bond acceptors (Lipinski definition) is 6. The Bertz CT molecular complexity index is 665. The van der Waals surface area contributed by atoms with Gasteiger partial charge in [-0.25, -0.2) is 0 Å². The number of benzene rings is 1. The molecular weight excluding hydrogens is 294 g/mol. The average molecular weight is 315 g/mol. The Morgan fingerprint density at radius 2 is 1.96 bits per heavy atom. The van der Waals surface area contributed by atoms with Gasteiger partial charge < -0.3 is 18.9 Å². The van der Waals surface area contributed by atoms with Crippen LogP contribution in [0.5, 0.6) is 11.5 Å².